The molecule has 22 heavy (non-hydrogen) atoms. The van der Waals surface area contributed by atoms with E-state index in [0.717, 1.165) is 6.61 Å². The van der Waals surface area contributed by atoms with Crippen LogP contribution in [0, 0.1) is 10.8 Å². The molecule has 5 heteroatoms. The van der Waals surface area contributed by atoms with E-state index in [2.05, 4.69) is 34.6 Å². The van der Waals surface area contributed by atoms with E-state index in [0.29, 0.717) is 11.5 Å². The van der Waals surface area contributed by atoms with Gasteiger partial charge in [0.15, 0.2) is 0 Å². The number of hydrogen-bond donors (Lipinski definition) is 0. The summed E-state index contributed by atoms with van der Waals surface area (Å²) in [4.78, 5) is 0. The average molecular weight is 326 g/mol. The first-order valence-corrected chi connectivity index (χ1v) is 8.09. The summed E-state index contributed by atoms with van der Waals surface area (Å²) in [6.07, 6.45) is -2.98. The van der Waals surface area contributed by atoms with E-state index in [-0.39, 0.29) is 32.0 Å². The molecule has 1 aliphatic rings. The highest BCUT2D eigenvalue weighted by molar-refractivity contribution is 4.98. The molecule has 1 rings (SSSR count). The van der Waals surface area contributed by atoms with Gasteiger partial charge in [-0.15, -0.1) is 0 Å². The van der Waals surface area contributed by atoms with Crippen LogP contribution in [0.4, 0.5) is 13.2 Å². The molecular weight excluding hydrogens is 293 g/mol. The van der Waals surface area contributed by atoms with Crippen LogP contribution in [0.5, 0.6) is 0 Å². The summed E-state index contributed by atoms with van der Waals surface area (Å²) in [7, 11) is 0. The molecule has 0 N–H and O–H groups in total. The van der Waals surface area contributed by atoms with Gasteiger partial charge in [0.1, 0.15) is 0 Å². The van der Waals surface area contributed by atoms with Gasteiger partial charge in [0.2, 0.25) is 0 Å². The van der Waals surface area contributed by atoms with Gasteiger partial charge in [0.05, 0.1) is 24.2 Å². The molecule has 0 atom stereocenters. The molecule has 0 aromatic heterocycles. The van der Waals surface area contributed by atoms with Crippen molar-refractivity contribution in [2.24, 2.45) is 10.8 Å². The third-order valence-electron chi connectivity index (χ3n) is 3.34. The Labute approximate surface area is 133 Å². The maximum atomic E-state index is 12.4. The Balaban J connectivity index is 0.000000433. The van der Waals surface area contributed by atoms with E-state index in [9.17, 15) is 13.2 Å². The summed E-state index contributed by atoms with van der Waals surface area (Å²) in [6, 6.07) is 0. The van der Waals surface area contributed by atoms with Crippen LogP contribution in [0.2, 0.25) is 0 Å². The highest BCUT2D eigenvalue weighted by Crippen LogP contribution is 2.59. The molecule has 134 valence electrons. The molecular formula is C17H33F3O2. The van der Waals surface area contributed by atoms with Gasteiger partial charge in [-0.3, -0.25) is 0 Å². The molecule has 1 aliphatic carbocycles. The smallest absolute Gasteiger partial charge is 0.379 e. The summed E-state index contributed by atoms with van der Waals surface area (Å²) in [6.45, 7) is 15.4. The van der Waals surface area contributed by atoms with Crippen molar-refractivity contribution in [2.75, 3.05) is 13.2 Å². The van der Waals surface area contributed by atoms with Crippen LogP contribution in [0.1, 0.15) is 67.7 Å². The summed E-state index contributed by atoms with van der Waals surface area (Å²) < 4.78 is 47.6. The van der Waals surface area contributed by atoms with Gasteiger partial charge in [0.25, 0.3) is 0 Å². The minimum atomic E-state index is -4.03. The maximum Gasteiger partial charge on any atom is 0.394 e. The van der Waals surface area contributed by atoms with Gasteiger partial charge in [-0.2, -0.15) is 13.2 Å². The molecule has 1 saturated carbocycles. The molecule has 0 spiro atoms. The fourth-order valence-electron chi connectivity index (χ4n) is 1.73. The number of alkyl halides is 3. The second-order valence-corrected chi connectivity index (χ2v) is 7.87. The van der Waals surface area contributed by atoms with E-state index >= 15 is 0 Å². The second kappa shape index (κ2) is 8.53. The molecule has 0 saturated heterocycles. The van der Waals surface area contributed by atoms with Crippen LogP contribution in [-0.4, -0.2) is 31.6 Å². The van der Waals surface area contributed by atoms with Crippen molar-refractivity contribution in [3.8, 4) is 0 Å². The zero-order valence-corrected chi connectivity index (χ0v) is 15.1. The number of halogens is 3. The first kappa shape index (κ1) is 21.7. The molecule has 0 heterocycles. The minimum Gasteiger partial charge on any atom is -0.379 e. The number of ether oxygens (including phenoxy) is 2. The minimum absolute atomic E-state index is 0.0176. The summed E-state index contributed by atoms with van der Waals surface area (Å²) >= 11 is 0. The van der Waals surface area contributed by atoms with Crippen molar-refractivity contribution in [3.63, 3.8) is 0 Å². The van der Waals surface area contributed by atoms with Crippen LogP contribution in [0.3, 0.4) is 0 Å². The third-order valence-corrected chi connectivity index (χ3v) is 3.34. The first-order valence-electron chi connectivity index (χ1n) is 8.09. The van der Waals surface area contributed by atoms with Crippen LogP contribution in [-0.2, 0) is 9.47 Å². The van der Waals surface area contributed by atoms with Crippen molar-refractivity contribution >= 4 is 0 Å². The Hall–Kier alpha value is -0.290. The van der Waals surface area contributed by atoms with Gasteiger partial charge in [-0.1, -0.05) is 20.8 Å². The van der Waals surface area contributed by atoms with E-state index in [1.807, 2.05) is 13.8 Å². The maximum absolute atomic E-state index is 12.4. The predicted molar refractivity (Wildman–Crippen MR) is 84.0 cm³/mol. The molecule has 2 nitrogen and oxygen atoms in total. The molecule has 0 bridgehead atoms. The average Bonchev–Trinajstić information content (AvgIpc) is 3.06. The van der Waals surface area contributed by atoms with Crippen molar-refractivity contribution < 1.29 is 22.6 Å². The van der Waals surface area contributed by atoms with Crippen LogP contribution < -0.4 is 0 Å². The van der Waals surface area contributed by atoms with E-state index in [1.165, 1.54) is 0 Å². The highest BCUT2D eigenvalue weighted by Gasteiger charge is 2.62. The van der Waals surface area contributed by atoms with Crippen LogP contribution >= 0.6 is 0 Å². The van der Waals surface area contributed by atoms with Crippen molar-refractivity contribution in [1.29, 1.82) is 0 Å². The predicted octanol–water partition coefficient (Wildman–Crippen LogP) is 5.60. The lowest BCUT2D eigenvalue weighted by molar-refractivity contribution is -0.192. The number of hydrogen-bond acceptors (Lipinski definition) is 2. The van der Waals surface area contributed by atoms with E-state index in [4.69, 9.17) is 9.47 Å². The fourth-order valence-corrected chi connectivity index (χ4v) is 1.73. The van der Waals surface area contributed by atoms with Gasteiger partial charge < -0.3 is 9.47 Å². The lowest BCUT2D eigenvalue weighted by atomic mass is 9.99. The van der Waals surface area contributed by atoms with Crippen LogP contribution in [0.15, 0.2) is 0 Å². The monoisotopic (exact) mass is 326 g/mol. The van der Waals surface area contributed by atoms with Crippen molar-refractivity contribution in [2.45, 2.75) is 86.1 Å². The SMILES string of the molecule is CC(C)OCC(C)(C)C.CC(C)OCCC1(C(F)(F)F)CC1. The zero-order valence-electron chi connectivity index (χ0n) is 15.1. The van der Waals surface area contributed by atoms with Crippen molar-refractivity contribution in [1.82, 2.24) is 0 Å². The lowest BCUT2D eigenvalue weighted by Gasteiger charge is -2.19. The number of rotatable bonds is 6. The first-order chi connectivity index (χ1) is 9.79. The lowest BCUT2D eigenvalue weighted by Crippen LogP contribution is -2.26. The Morgan fingerprint density at radius 3 is 1.59 bits per heavy atom. The van der Waals surface area contributed by atoms with E-state index < -0.39 is 11.6 Å². The van der Waals surface area contributed by atoms with Gasteiger partial charge >= 0.3 is 6.18 Å². The standard InChI is InChI=1S/C9H15F3O.C8H18O/c1-7(2)13-6-5-8(3-4-8)9(10,11)12;1-7(2)9-6-8(3,4)5/h7H,3-6H2,1-2H3;7H,6H2,1-5H3. The molecule has 1 fully saturated rings. The topological polar surface area (TPSA) is 18.5 Å². The fraction of sp³-hybridized carbons (Fsp3) is 1.00. The molecule has 0 amide bonds. The highest BCUT2D eigenvalue weighted by atomic mass is 19.4. The molecule has 0 radical (unpaired) electrons. The Morgan fingerprint density at radius 1 is 0.909 bits per heavy atom. The Kier molecular flexibility index (Phi) is 8.42. The quantitative estimate of drug-likeness (QED) is 0.632. The van der Waals surface area contributed by atoms with Gasteiger partial charge in [-0.05, 0) is 52.4 Å². The van der Waals surface area contributed by atoms with Crippen molar-refractivity contribution in [3.05, 3.63) is 0 Å². The summed E-state index contributed by atoms with van der Waals surface area (Å²) in [5.41, 5.74) is -1.09. The Bertz CT molecular complexity index is 300. The van der Waals surface area contributed by atoms with E-state index in [1.54, 1.807) is 0 Å². The largest absolute Gasteiger partial charge is 0.394 e. The Morgan fingerprint density at radius 2 is 1.36 bits per heavy atom. The van der Waals surface area contributed by atoms with Gasteiger partial charge in [0, 0.05) is 6.61 Å². The van der Waals surface area contributed by atoms with Crippen LogP contribution in [0.25, 0.3) is 0 Å². The summed E-state index contributed by atoms with van der Waals surface area (Å²) in [5.74, 6) is 0. The molecule has 0 aliphatic heterocycles. The second-order valence-electron chi connectivity index (χ2n) is 7.87. The summed E-state index contributed by atoms with van der Waals surface area (Å²) in [5, 5.41) is 0. The molecule has 0 aromatic rings. The molecule has 0 aromatic carbocycles. The zero-order chi connectivity index (χ0) is 17.6. The molecule has 0 unspecified atom stereocenters. The normalized spacial score (nSPS) is 17.5. The van der Waals surface area contributed by atoms with Gasteiger partial charge in [-0.25, -0.2) is 0 Å². The third kappa shape index (κ3) is 9.67.